The monoisotopic (exact) mass is 617 g/mol. The van der Waals surface area contributed by atoms with Crippen LogP contribution < -0.4 is 15.4 Å². The second-order valence-electron chi connectivity index (χ2n) is 9.57. The van der Waals surface area contributed by atoms with Crippen LogP contribution in [0, 0.1) is 5.92 Å². The van der Waals surface area contributed by atoms with E-state index in [4.69, 9.17) is 4.74 Å². The Hall–Kier alpha value is -4.17. The van der Waals surface area contributed by atoms with Gasteiger partial charge in [-0.05, 0) is 86.9 Å². The van der Waals surface area contributed by atoms with Gasteiger partial charge in [0.25, 0.3) is 5.91 Å². The summed E-state index contributed by atoms with van der Waals surface area (Å²) in [6, 6.07) is 11.6. The highest BCUT2D eigenvalue weighted by atomic mass is 32.2. The molecule has 3 aromatic rings. The van der Waals surface area contributed by atoms with E-state index in [0.29, 0.717) is 49.1 Å². The number of carbonyl (C=O) groups excluding carboxylic acids is 3. The highest BCUT2D eigenvalue weighted by Gasteiger charge is 2.31. The number of likely N-dealkylation sites (tertiary alicyclic amines) is 1. The van der Waals surface area contributed by atoms with Crippen LogP contribution in [0.25, 0.3) is 0 Å². The van der Waals surface area contributed by atoms with Gasteiger partial charge in [-0.25, -0.2) is 9.97 Å². The molecular formula is C29H30F3N5O5S. The number of hydrogen-bond acceptors (Lipinski definition) is 9. The lowest BCUT2D eigenvalue weighted by atomic mass is 9.97. The molecule has 0 radical (unpaired) electrons. The molecule has 4 rings (SSSR count). The van der Waals surface area contributed by atoms with Crippen molar-refractivity contribution in [2.24, 2.45) is 5.92 Å². The van der Waals surface area contributed by atoms with Crippen LogP contribution in [-0.2, 0) is 20.1 Å². The average molecular weight is 618 g/mol. The van der Waals surface area contributed by atoms with Gasteiger partial charge in [-0.1, -0.05) is 0 Å². The van der Waals surface area contributed by atoms with E-state index in [1.807, 2.05) is 4.90 Å². The minimum Gasteiger partial charge on any atom is -0.466 e. The van der Waals surface area contributed by atoms with Crippen LogP contribution in [0.15, 0.2) is 66.0 Å². The second-order valence-corrected chi connectivity index (χ2v) is 10.5. The highest BCUT2D eigenvalue weighted by molar-refractivity contribution is 7.98. The lowest BCUT2D eigenvalue weighted by molar-refractivity contribution is -0.274. The summed E-state index contributed by atoms with van der Waals surface area (Å²) in [5.41, 5.74) is 1.41. The molecule has 2 amide bonds. The third kappa shape index (κ3) is 9.96. The van der Waals surface area contributed by atoms with Crippen LogP contribution in [0.3, 0.4) is 0 Å². The van der Waals surface area contributed by atoms with E-state index in [1.165, 1.54) is 23.9 Å². The van der Waals surface area contributed by atoms with E-state index in [2.05, 4.69) is 25.3 Å². The summed E-state index contributed by atoms with van der Waals surface area (Å²) in [5.74, 6) is -0.588. The molecule has 1 fully saturated rings. The molecular weight excluding hydrogens is 587 g/mol. The molecule has 0 saturated carbocycles. The molecule has 1 aliphatic heterocycles. The number of anilines is 2. The number of carbonyl (C=O) groups is 3. The maximum absolute atomic E-state index is 12.9. The summed E-state index contributed by atoms with van der Waals surface area (Å²) >= 11 is 1.31. The van der Waals surface area contributed by atoms with Crippen molar-refractivity contribution >= 4 is 41.1 Å². The van der Waals surface area contributed by atoms with Gasteiger partial charge in [0.15, 0.2) is 0 Å². The predicted molar refractivity (Wildman–Crippen MR) is 154 cm³/mol. The number of nitrogens with zero attached hydrogens (tertiary/aromatic N) is 3. The molecule has 1 aliphatic rings. The van der Waals surface area contributed by atoms with Gasteiger partial charge >= 0.3 is 12.3 Å². The number of halogens is 3. The lowest BCUT2D eigenvalue weighted by Crippen LogP contribution is -2.41. The van der Waals surface area contributed by atoms with Crippen molar-refractivity contribution in [2.75, 3.05) is 36.9 Å². The number of aromatic nitrogens is 2. The molecule has 43 heavy (non-hydrogen) atoms. The summed E-state index contributed by atoms with van der Waals surface area (Å²) in [5, 5.41) is 5.91. The summed E-state index contributed by atoms with van der Waals surface area (Å²) in [7, 11) is 0. The SMILES string of the molecule is CCOC(=O)C1CCN(CC(=O)Nc2cc(CSc3ncccc3C(=O)Nc3ccc(OC(F)(F)F)cc3)ccn2)CC1. The Balaban J connectivity index is 1.29. The number of pyridine rings is 2. The molecule has 3 heterocycles. The fraction of sp³-hybridized carbons (Fsp3) is 0.345. The van der Waals surface area contributed by atoms with E-state index < -0.39 is 18.0 Å². The fourth-order valence-electron chi connectivity index (χ4n) is 4.37. The Bertz CT molecular complexity index is 1420. The van der Waals surface area contributed by atoms with E-state index in [-0.39, 0.29) is 35.6 Å². The van der Waals surface area contributed by atoms with Gasteiger partial charge in [-0.15, -0.1) is 24.9 Å². The standard InChI is InChI=1S/C29H30F3N5O5S/c1-2-41-28(40)20-10-14-37(15-11-20)17-25(38)36-24-16-19(9-13-33-24)18-43-27-23(4-3-12-34-27)26(39)35-21-5-7-22(8-6-21)42-29(30,31)32/h3-9,12-13,16,20H,2,10-11,14-15,17-18H2,1H3,(H,35,39)(H,33,36,38). The largest absolute Gasteiger partial charge is 0.573 e. The highest BCUT2D eigenvalue weighted by Crippen LogP contribution is 2.27. The van der Waals surface area contributed by atoms with Gasteiger partial charge in [0.05, 0.1) is 24.6 Å². The molecule has 14 heteroatoms. The molecule has 2 aromatic heterocycles. The zero-order valence-corrected chi connectivity index (χ0v) is 24.0. The van der Waals surface area contributed by atoms with Crippen molar-refractivity contribution in [3.05, 3.63) is 72.1 Å². The van der Waals surface area contributed by atoms with E-state index in [9.17, 15) is 27.6 Å². The number of benzene rings is 1. The van der Waals surface area contributed by atoms with Crippen molar-refractivity contribution in [1.29, 1.82) is 0 Å². The van der Waals surface area contributed by atoms with Gasteiger partial charge in [0.1, 0.15) is 16.6 Å². The van der Waals surface area contributed by atoms with E-state index >= 15 is 0 Å². The number of esters is 1. The van der Waals surface area contributed by atoms with Gasteiger partial charge in [0.2, 0.25) is 5.91 Å². The zero-order chi connectivity index (χ0) is 30.8. The lowest BCUT2D eigenvalue weighted by Gasteiger charge is -2.30. The zero-order valence-electron chi connectivity index (χ0n) is 23.2. The Morgan fingerprint density at radius 2 is 1.77 bits per heavy atom. The number of amides is 2. The number of alkyl halides is 3. The van der Waals surface area contributed by atoms with Gasteiger partial charge in [-0.3, -0.25) is 19.3 Å². The summed E-state index contributed by atoms with van der Waals surface area (Å²) < 4.78 is 46.1. The minimum atomic E-state index is -4.81. The van der Waals surface area contributed by atoms with Gasteiger partial charge < -0.3 is 20.1 Å². The Morgan fingerprint density at radius 3 is 2.47 bits per heavy atom. The molecule has 0 unspecified atom stereocenters. The van der Waals surface area contributed by atoms with Crippen LogP contribution in [0.2, 0.25) is 0 Å². The maximum Gasteiger partial charge on any atom is 0.573 e. The Morgan fingerprint density at radius 1 is 1.02 bits per heavy atom. The molecule has 2 N–H and O–H groups in total. The maximum atomic E-state index is 12.9. The Kier molecular flexibility index (Phi) is 11.0. The smallest absolute Gasteiger partial charge is 0.466 e. The first-order chi connectivity index (χ1) is 20.6. The van der Waals surface area contributed by atoms with Crippen molar-refractivity contribution in [3.8, 4) is 5.75 Å². The Labute approximate surface area is 250 Å². The first-order valence-corrected chi connectivity index (χ1v) is 14.5. The van der Waals surface area contributed by atoms with E-state index in [1.54, 1.807) is 43.6 Å². The number of rotatable bonds is 11. The van der Waals surface area contributed by atoms with Crippen LogP contribution in [-0.4, -0.2) is 65.3 Å². The average Bonchev–Trinajstić information content (AvgIpc) is 2.97. The molecule has 0 aliphatic carbocycles. The van der Waals surface area contributed by atoms with Crippen molar-refractivity contribution in [3.63, 3.8) is 0 Å². The van der Waals surface area contributed by atoms with Crippen LogP contribution in [0.1, 0.15) is 35.7 Å². The first-order valence-electron chi connectivity index (χ1n) is 13.5. The molecule has 10 nitrogen and oxygen atoms in total. The first kappa shape index (κ1) is 31.8. The summed E-state index contributed by atoms with van der Waals surface area (Å²) in [6.45, 7) is 3.57. The third-order valence-corrected chi connectivity index (χ3v) is 7.48. The molecule has 0 atom stereocenters. The third-order valence-electron chi connectivity index (χ3n) is 6.40. The topological polar surface area (TPSA) is 123 Å². The van der Waals surface area contributed by atoms with Crippen molar-refractivity contribution in [1.82, 2.24) is 14.9 Å². The molecule has 1 aromatic carbocycles. The molecule has 0 bridgehead atoms. The van der Waals surface area contributed by atoms with Gasteiger partial charge in [0, 0.05) is 23.8 Å². The van der Waals surface area contributed by atoms with E-state index in [0.717, 1.165) is 17.7 Å². The normalized spacial score (nSPS) is 14.1. The van der Waals surface area contributed by atoms with Crippen molar-refractivity contribution < 1.29 is 37.0 Å². The number of hydrogen-bond donors (Lipinski definition) is 2. The number of piperidine rings is 1. The molecule has 228 valence electrons. The number of nitrogens with one attached hydrogen (secondary N) is 2. The summed E-state index contributed by atoms with van der Waals surface area (Å²) in [4.78, 5) is 48.0. The fourth-order valence-corrected chi connectivity index (χ4v) is 5.31. The quantitative estimate of drug-likeness (QED) is 0.223. The second kappa shape index (κ2) is 14.8. The van der Waals surface area contributed by atoms with Crippen LogP contribution in [0.4, 0.5) is 24.7 Å². The van der Waals surface area contributed by atoms with Crippen LogP contribution >= 0.6 is 11.8 Å². The van der Waals surface area contributed by atoms with Crippen molar-refractivity contribution in [2.45, 2.75) is 36.9 Å². The predicted octanol–water partition coefficient (Wildman–Crippen LogP) is 5.13. The van der Waals surface area contributed by atoms with Crippen LogP contribution in [0.5, 0.6) is 5.75 Å². The number of ether oxygens (including phenoxy) is 2. The summed E-state index contributed by atoms with van der Waals surface area (Å²) in [6.07, 6.45) is -0.384. The molecule has 1 saturated heterocycles. The van der Waals surface area contributed by atoms with Gasteiger partial charge in [-0.2, -0.15) is 0 Å². The number of thioether (sulfide) groups is 1. The molecule has 0 spiro atoms. The minimum absolute atomic E-state index is 0.130.